The fourth-order valence-electron chi connectivity index (χ4n) is 3.54. The van der Waals surface area contributed by atoms with Crippen LogP contribution in [0.3, 0.4) is 0 Å². The van der Waals surface area contributed by atoms with Crippen molar-refractivity contribution in [2.75, 3.05) is 4.90 Å². The van der Waals surface area contributed by atoms with Gasteiger partial charge in [0.2, 0.25) is 0 Å². The summed E-state index contributed by atoms with van der Waals surface area (Å²) in [7, 11) is 0. The lowest BCUT2D eigenvalue weighted by Gasteiger charge is -2.21. The average Bonchev–Trinajstić information content (AvgIpc) is 3.18. The first-order valence-corrected chi connectivity index (χ1v) is 9.20. The highest BCUT2D eigenvalue weighted by atomic mass is 16.2. The van der Waals surface area contributed by atoms with E-state index in [0.29, 0.717) is 12.2 Å². The topological polar surface area (TPSA) is 65.3 Å². The molecule has 0 saturated carbocycles. The largest absolute Gasteiger partial charge is 0.271 e. The Morgan fingerprint density at radius 2 is 1.63 bits per heavy atom. The third-order valence-electron chi connectivity index (χ3n) is 5.38. The van der Waals surface area contributed by atoms with Crippen LogP contribution < -0.4 is 4.90 Å². The normalized spacial score (nSPS) is 21.3. The summed E-state index contributed by atoms with van der Waals surface area (Å²) < 4.78 is 0. The SMILES string of the molecule is CCc1ccc(CN2N=N[C@H]3C(=O)N(c4ccc(C)c(C)c4)C(=O)[C@@H]32)cc1. The van der Waals surface area contributed by atoms with Crippen molar-refractivity contribution in [1.82, 2.24) is 5.01 Å². The van der Waals surface area contributed by atoms with Gasteiger partial charge in [-0.1, -0.05) is 42.5 Å². The summed E-state index contributed by atoms with van der Waals surface area (Å²) in [6, 6.07) is 12.4. The van der Waals surface area contributed by atoms with Crippen molar-refractivity contribution in [3.63, 3.8) is 0 Å². The number of imide groups is 1. The highest BCUT2D eigenvalue weighted by molar-refractivity contribution is 6.25. The molecule has 1 fully saturated rings. The third kappa shape index (κ3) is 2.91. The van der Waals surface area contributed by atoms with Crippen molar-refractivity contribution in [1.29, 1.82) is 0 Å². The van der Waals surface area contributed by atoms with Crippen LogP contribution in [-0.2, 0) is 22.6 Å². The molecule has 2 amide bonds. The molecular weight excluding hydrogens is 340 g/mol. The molecule has 0 aliphatic carbocycles. The van der Waals surface area contributed by atoms with Gasteiger partial charge in [0.1, 0.15) is 0 Å². The maximum Gasteiger partial charge on any atom is 0.263 e. The van der Waals surface area contributed by atoms with E-state index in [1.165, 1.54) is 10.5 Å². The van der Waals surface area contributed by atoms with Crippen LogP contribution in [0.4, 0.5) is 5.69 Å². The first-order valence-electron chi connectivity index (χ1n) is 9.20. The second kappa shape index (κ2) is 6.61. The Bertz CT molecular complexity index is 936. The highest BCUT2D eigenvalue weighted by Crippen LogP contribution is 2.33. The minimum absolute atomic E-state index is 0.261. The summed E-state index contributed by atoms with van der Waals surface area (Å²) in [5.74, 6) is -0.565. The quantitative estimate of drug-likeness (QED) is 0.784. The zero-order chi connectivity index (χ0) is 19.1. The molecule has 4 rings (SSSR count). The number of benzene rings is 2. The molecule has 0 bridgehead atoms. The number of hydrogen-bond donors (Lipinski definition) is 0. The van der Waals surface area contributed by atoms with Gasteiger partial charge < -0.3 is 0 Å². The van der Waals surface area contributed by atoms with Crippen LogP contribution in [-0.4, -0.2) is 28.9 Å². The number of anilines is 1. The average molecular weight is 362 g/mol. The maximum absolute atomic E-state index is 13.0. The third-order valence-corrected chi connectivity index (χ3v) is 5.38. The van der Waals surface area contributed by atoms with Crippen molar-refractivity contribution < 1.29 is 9.59 Å². The molecule has 0 spiro atoms. The predicted octanol–water partition coefficient (Wildman–Crippen LogP) is 3.36. The smallest absolute Gasteiger partial charge is 0.263 e. The minimum Gasteiger partial charge on any atom is -0.271 e. The van der Waals surface area contributed by atoms with E-state index in [1.54, 1.807) is 5.01 Å². The lowest BCUT2D eigenvalue weighted by atomic mass is 10.1. The summed E-state index contributed by atoms with van der Waals surface area (Å²) in [5, 5.41) is 9.84. The molecule has 138 valence electrons. The van der Waals surface area contributed by atoms with Crippen LogP contribution in [0.25, 0.3) is 0 Å². The van der Waals surface area contributed by atoms with Crippen LogP contribution in [0, 0.1) is 13.8 Å². The molecule has 0 N–H and O–H groups in total. The van der Waals surface area contributed by atoms with Crippen LogP contribution in [0.1, 0.15) is 29.2 Å². The molecular formula is C21H22N4O2. The Hall–Kier alpha value is -3.02. The number of carbonyl (C=O) groups is 2. The fraction of sp³-hybridized carbons (Fsp3) is 0.333. The second-order valence-electron chi connectivity index (χ2n) is 7.14. The molecule has 2 heterocycles. The van der Waals surface area contributed by atoms with Crippen molar-refractivity contribution in [3.05, 3.63) is 64.7 Å². The van der Waals surface area contributed by atoms with Gasteiger partial charge in [0.05, 0.1) is 12.2 Å². The van der Waals surface area contributed by atoms with Gasteiger partial charge in [-0.15, -0.1) is 0 Å². The van der Waals surface area contributed by atoms with E-state index in [9.17, 15) is 9.59 Å². The number of fused-ring (bicyclic) bond motifs is 1. The summed E-state index contributed by atoms with van der Waals surface area (Å²) in [5.41, 5.74) is 5.06. The van der Waals surface area contributed by atoms with Crippen LogP contribution >= 0.6 is 0 Å². The Kier molecular flexibility index (Phi) is 4.26. The summed E-state index contributed by atoms with van der Waals surface area (Å²) in [6.45, 7) is 6.53. The van der Waals surface area contributed by atoms with Crippen LogP contribution in [0.15, 0.2) is 52.8 Å². The van der Waals surface area contributed by atoms with Gasteiger partial charge in [-0.2, -0.15) is 5.11 Å². The Balaban J connectivity index is 1.58. The van der Waals surface area contributed by atoms with Gasteiger partial charge in [-0.05, 0) is 54.7 Å². The zero-order valence-electron chi connectivity index (χ0n) is 15.7. The molecule has 2 atom stereocenters. The van der Waals surface area contributed by atoms with Gasteiger partial charge >= 0.3 is 0 Å². The van der Waals surface area contributed by atoms with Gasteiger partial charge in [-0.3, -0.25) is 14.6 Å². The highest BCUT2D eigenvalue weighted by Gasteiger charge is 2.54. The lowest BCUT2D eigenvalue weighted by molar-refractivity contribution is -0.123. The van der Waals surface area contributed by atoms with E-state index in [2.05, 4.69) is 29.4 Å². The standard InChI is InChI=1S/C21H22N4O2/c1-4-15-6-8-16(9-7-15)12-24-19-18(22-23-24)20(26)25(21(19)27)17-10-5-13(2)14(3)11-17/h5-11,18-19H,4,12H2,1-3H3/t18-,19-/m1/s1. The predicted molar refractivity (Wildman–Crippen MR) is 102 cm³/mol. The first-order chi connectivity index (χ1) is 13.0. The molecule has 6 heteroatoms. The summed E-state index contributed by atoms with van der Waals surface area (Å²) >= 11 is 0. The second-order valence-corrected chi connectivity index (χ2v) is 7.14. The van der Waals surface area contributed by atoms with Crippen LogP contribution in [0.5, 0.6) is 0 Å². The monoisotopic (exact) mass is 362 g/mol. The molecule has 0 aromatic heterocycles. The number of rotatable bonds is 4. The lowest BCUT2D eigenvalue weighted by Crippen LogP contribution is -2.39. The number of hydrogen-bond acceptors (Lipinski definition) is 5. The molecule has 6 nitrogen and oxygen atoms in total. The molecule has 2 aromatic rings. The summed E-state index contributed by atoms with van der Waals surface area (Å²) in [4.78, 5) is 27.1. The molecule has 1 saturated heterocycles. The number of amides is 2. The minimum atomic E-state index is -0.756. The summed E-state index contributed by atoms with van der Waals surface area (Å²) in [6.07, 6.45) is 0.978. The van der Waals surface area contributed by atoms with Gasteiger partial charge in [-0.25, -0.2) is 4.90 Å². The van der Waals surface area contributed by atoms with Gasteiger partial charge in [0, 0.05) is 0 Å². The van der Waals surface area contributed by atoms with Crippen molar-refractivity contribution in [2.24, 2.45) is 10.3 Å². The van der Waals surface area contributed by atoms with E-state index in [1.807, 2.05) is 44.2 Å². The zero-order valence-corrected chi connectivity index (χ0v) is 15.7. The van der Waals surface area contributed by atoms with E-state index < -0.39 is 12.1 Å². The molecule has 27 heavy (non-hydrogen) atoms. The van der Waals surface area contributed by atoms with E-state index >= 15 is 0 Å². The van der Waals surface area contributed by atoms with Crippen molar-refractivity contribution in [2.45, 2.75) is 45.8 Å². The fourth-order valence-corrected chi connectivity index (χ4v) is 3.54. The van der Waals surface area contributed by atoms with Gasteiger partial charge in [0.15, 0.2) is 12.1 Å². The number of aryl methyl sites for hydroxylation is 3. The maximum atomic E-state index is 13.0. The van der Waals surface area contributed by atoms with Crippen molar-refractivity contribution >= 4 is 17.5 Å². The molecule has 0 radical (unpaired) electrons. The Morgan fingerprint density at radius 1 is 0.926 bits per heavy atom. The molecule has 2 aliphatic rings. The number of nitrogens with zero attached hydrogens (tertiary/aromatic N) is 4. The van der Waals surface area contributed by atoms with Gasteiger partial charge in [0.25, 0.3) is 11.8 Å². The van der Waals surface area contributed by atoms with Crippen molar-refractivity contribution in [3.8, 4) is 0 Å². The molecule has 0 unspecified atom stereocenters. The van der Waals surface area contributed by atoms with E-state index in [0.717, 1.165) is 23.1 Å². The van der Waals surface area contributed by atoms with E-state index in [-0.39, 0.29) is 11.8 Å². The van der Waals surface area contributed by atoms with E-state index in [4.69, 9.17) is 0 Å². The number of carbonyl (C=O) groups excluding carboxylic acids is 2. The molecule has 2 aliphatic heterocycles. The first kappa shape index (κ1) is 17.4. The van der Waals surface area contributed by atoms with Crippen LogP contribution in [0.2, 0.25) is 0 Å². The molecule has 2 aromatic carbocycles. The Labute approximate surface area is 158 Å². The Morgan fingerprint density at radius 3 is 2.30 bits per heavy atom.